The maximum Gasteiger partial charge on any atom is 0.255 e. The summed E-state index contributed by atoms with van der Waals surface area (Å²) in [6, 6.07) is 10.7. The molecule has 0 aliphatic carbocycles. The van der Waals surface area contributed by atoms with Crippen molar-refractivity contribution in [2.45, 2.75) is 6.54 Å². The number of carbonyl (C=O) groups is 1. The van der Waals surface area contributed by atoms with Crippen LogP contribution >= 0.6 is 11.6 Å². The summed E-state index contributed by atoms with van der Waals surface area (Å²) in [4.78, 5) is 16.8. The van der Waals surface area contributed by atoms with Gasteiger partial charge in [0.1, 0.15) is 5.75 Å². The van der Waals surface area contributed by atoms with Crippen molar-refractivity contribution in [2.75, 3.05) is 7.11 Å². The number of nitrogens with one attached hydrogen (secondary N) is 1. The monoisotopic (exact) mass is 356 g/mol. The zero-order chi connectivity index (χ0) is 17.8. The quantitative estimate of drug-likeness (QED) is 0.762. The molecule has 0 spiro atoms. The van der Waals surface area contributed by atoms with Crippen molar-refractivity contribution in [2.24, 2.45) is 7.05 Å². The first-order valence-electron chi connectivity index (χ1n) is 7.63. The van der Waals surface area contributed by atoms with E-state index >= 15 is 0 Å². The molecule has 1 aromatic carbocycles. The molecule has 0 saturated heterocycles. The van der Waals surface area contributed by atoms with E-state index in [1.54, 1.807) is 35.3 Å². The van der Waals surface area contributed by atoms with Crippen molar-refractivity contribution in [3.05, 3.63) is 64.9 Å². The SMILES string of the molecule is COc1ccc(Cl)cc1C(=O)NCc1ccc(-c2ccnn2C)nc1. The molecular weight excluding hydrogens is 340 g/mol. The molecule has 2 heterocycles. The topological polar surface area (TPSA) is 69.0 Å². The zero-order valence-corrected chi connectivity index (χ0v) is 14.6. The number of aryl methyl sites for hydroxylation is 1. The van der Waals surface area contributed by atoms with E-state index in [1.165, 1.54) is 7.11 Å². The van der Waals surface area contributed by atoms with Crippen LogP contribution in [0.4, 0.5) is 0 Å². The molecule has 7 heteroatoms. The number of aromatic nitrogens is 3. The van der Waals surface area contributed by atoms with E-state index in [9.17, 15) is 4.79 Å². The molecule has 0 aliphatic rings. The first-order chi connectivity index (χ1) is 12.1. The lowest BCUT2D eigenvalue weighted by atomic mass is 10.1. The van der Waals surface area contributed by atoms with Gasteiger partial charge in [-0.05, 0) is 35.9 Å². The molecule has 0 bridgehead atoms. The number of pyridine rings is 1. The van der Waals surface area contributed by atoms with Crippen molar-refractivity contribution in [3.8, 4) is 17.1 Å². The predicted octanol–water partition coefficient (Wildman–Crippen LogP) is 3.07. The summed E-state index contributed by atoms with van der Waals surface area (Å²) < 4.78 is 6.96. The highest BCUT2D eigenvalue weighted by atomic mass is 35.5. The number of benzene rings is 1. The van der Waals surface area contributed by atoms with Gasteiger partial charge in [-0.2, -0.15) is 5.10 Å². The molecule has 3 aromatic rings. The molecule has 6 nitrogen and oxygen atoms in total. The fourth-order valence-electron chi connectivity index (χ4n) is 2.44. The normalized spacial score (nSPS) is 10.5. The molecule has 0 radical (unpaired) electrons. The number of amides is 1. The fourth-order valence-corrected chi connectivity index (χ4v) is 2.61. The second kappa shape index (κ2) is 7.36. The summed E-state index contributed by atoms with van der Waals surface area (Å²) in [5, 5.41) is 7.46. The van der Waals surface area contributed by atoms with Gasteiger partial charge in [-0.1, -0.05) is 17.7 Å². The van der Waals surface area contributed by atoms with Gasteiger partial charge in [0.25, 0.3) is 5.91 Å². The van der Waals surface area contributed by atoms with Gasteiger partial charge in [-0.15, -0.1) is 0 Å². The van der Waals surface area contributed by atoms with E-state index in [0.29, 0.717) is 22.9 Å². The maximum absolute atomic E-state index is 12.4. The summed E-state index contributed by atoms with van der Waals surface area (Å²) >= 11 is 5.96. The van der Waals surface area contributed by atoms with Crippen LogP contribution in [0.5, 0.6) is 5.75 Å². The highest BCUT2D eigenvalue weighted by Crippen LogP contribution is 2.22. The number of ether oxygens (including phenoxy) is 1. The Bertz CT molecular complexity index is 890. The second-order valence-corrected chi connectivity index (χ2v) is 5.86. The van der Waals surface area contributed by atoms with E-state index in [2.05, 4.69) is 15.4 Å². The highest BCUT2D eigenvalue weighted by Gasteiger charge is 2.13. The van der Waals surface area contributed by atoms with Gasteiger partial charge in [-0.3, -0.25) is 14.5 Å². The van der Waals surface area contributed by atoms with Crippen LogP contribution in [0, 0.1) is 0 Å². The number of hydrogen-bond acceptors (Lipinski definition) is 4. The zero-order valence-electron chi connectivity index (χ0n) is 13.9. The molecule has 3 rings (SSSR count). The lowest BCUT2D eigenvalue weighted by Gasteiger charge is -2.10. The average Bonchev–Trinajstić information content (AvgIpc) is 3.06. The molecule has 0 atom stereocenters. The van der Waals surface area contributed by atoms with E-state index in [-0.39, 0.29) is 5.91 Å². The lowest BCUT2D eigenvalue weighted by Crippen LogP contribution is -2.23. The Morgan fingerprint density at radius 3 is 2.76 bits per heavy atom. The number of nitrogens with zero attached hydrogens (tertiary/aromatic N) is 3. The molecule has 1 N–H and O–H groups in total. The molecular formula is C18H17ClN4O2. The van der Waals surface area contributed by atoms with Gasteiger partial charge in [0.15, 0.2) is 0 Å². The Morgan fingerprint density at radius 2 is 2.12 bits per heavy atom. The average molecular weight is 357 g/mol. The van der Waals surface area contributed by atoms with Gasteiger partial charge in [0.2, 0.25) is 0 Å². The number of halogens is 1. The van der Waals surface area contributed by atoms with E-state index in [4.69, 9.17) is 16.3 Å². The maximum atomic E-state index is 12.4. The first-order valence-corrected chi connectivity index (χ1v) is 8.01. The van der Waals surface area contributed by atoms with Gasteiger partial charge in [0, 0.05) is 31.0 Å². The number of hydrogen-bond donors (Lipinski definition) is 1. The minimum Gasteiger partial charge on any atom is -0.496 e. The molecule has 0 aliphatic heterocycles. The molecule has 128 valence electrons. The second-order valence-electron chi connectivity index (χ2n) is 5.42. The van der Waals surface area contributed by atoms with Crippen molar-refractivity contribution in [3.63, 3.8) is 0 Å². The first kappa shape index (κ1) is 17.0. The largest absolute Gasteiger partial charge is 0.496 e. The number of rotatable bonds is 5. The van der Waals surface area contributed by atoms with Crippen molar-refractivity contribution < 1.29 is 9.53 Å². The van der Waals surface area contributed by atoms with Gasteiger partial charge in [0.05, 0.1) is 24.1 Å². The van der Waals surface area contributed by atoms with Crippen molar-refractivity contribution in [1.82, 2.24) is 20.1 Å². The Kier molecular flexibility index (Phi) is 5.00. The Balaban J connectivity index is 1.69. The Morgan fingerprint density at radius 1 is 1.28 bits per heavy atom. The summed E-state index contributed by atoms with van der Waals surface area (Å²) in [6.45, 7) is 0.354. The van der Waals surface area contributed by atoms with Gasteiger partial charge < -0.3 is 10.1 Å². The van der Waals surface area contributed by atoms with Gasteiger partial charge >= 0.3 is 0 Å². The third-order valence-corrected chi connectivity index (χ3v) is 4.00. The standard InChI is InChI=1S/C18H17ClN4O2/c1-23-16(7-8-22-23)15-5-3-12(10-20-15)11-21-18(24)14-9-13(19)4-6-17(14)25-2/h3-10H,11H2,1-2H3,(H,21,24). The molecule has 2 aromatic heterocycles. The van der Waals surface area contributed by atoms with E-state index in [0.717, 1.165) is 17.0 Å². The minimum atomic E-state index is -0.255. The van der Waals surface area contributed by atoms with E-state index < -0.39 is 0 Å². The van der Waals surface area contributed by atoms with Crippen LogP contribution in [0.1, 0.15) is 15.9 Å². The third kappa shape index (κ3) is 3.80. The molecule has 0 unspecified atom stereocenters. The smallest absolute Gasteiger partial charge is 0.255 e. The molecule has 25 heavy (non-hydrogen) atoms. The van der Waals surface area contributed by atoms with Crippen LogP contribution in [0.2, 0.25) is 5.02 Å². The summed E-state index contributed by atoms with van der Waals surface area (Å²) in [5.74, 6) is 0.224. The van der Waals surface area contributed by atoms with Crippen molar-refractivity contribution >= 4 is 17.5 Å². The van der Waals surface area contributed by atoms with Crippen LogP contribution in [0.15, 0.2) is 48.8 Å². The fraction of sp³-hybridized carbons (Fsp3) is 0.167. The molecule has 0 fully saturated rings. The summed E-state index contributed by atoms with van der Waals surface area (Å²) in [7, 11) is 3.38. The highest BCUT2D eigenvalue weighted by molar-refractivity contribution is 6.31. The Hall–Kier alpha value is -2.86. The van der Waals surface area contributed by atoms with Crippen LogP contribution in [-0.2, 0) is 13.6 Å². The van der Waals surface area contributed by atoms with Crippen LogP contribution in [0.25, 0.3) is 11.4 Å². The minimum absolute atomic E-state index is 0.255. The van der Waals surface area contributed by atoms with Crippen molar-refractivity contribution in [1.29, 1.82) is 0 Å². The molecule has 1 amide bonds. The number of methoxy groups -OCH3 is 1. The van der Waals surface area contributed by atoms with Gasteiger partial charge in [-0.25, -0.2) is 0 Å². The summed E-state index contributed by atoms with van der Waals surface area (Å²) in [6.07, 6.45) is 3.46. The van der Waals surface area contributed by atoms with E-state index in [1.807, 2.05) is 25.2 Å². The predicted molar refractivity (Wildman–Crippen MR) is 95.6 cm³/mol. The lowest BCUT2D eigenvalue weighted by molar-refractivity contribution is 0.0948. The number of carbonyl (C=O) groups excluding carboxylic acids is 1. The molecule has 0 saturated carbocycles. The van der Waals surface area contributed by atoms with Crippen LogP contribution < -0.4 is 10.1 Å². The van der Waals surface area contributed by atoms with Crippen LogP contribution in [0.3, 0.4) is 0 Å². The summed E-state index contributed by atoms with van der Waals surface area (Å²) in [5.41, 5.74) is 3.04. The Labute approximate surface area is 150 Å². The van der Waals surface area contributed by atoms with Crippen LogP contribution in [-0.4, -0.2) is 27.8 Å². The third-order valence-electron chi connectivity index (χ3n) is 3.77.